The summed E-state index contributed by atoms with van der Waals surface area (Å²) in [4.78, 5) is 5.00. The van der Waals surface area contributed by atoms with E-state index in [2.05, 4.69) is 35.8 Å². The van der Waals surface area contributed by atoms with E-state index < -0.39 is 0 Å². The van der Waals surface area contributed by atoms with Crippen LogP contribution in [0.15, 0.2) is 12.1 Å². The van der Waals surface area contributed by atoms with Gasteiger partial charge >= 0.3 is 0 Å². The Labute approximate surface area is 120 Å². The van der Waals surface area contributed by atoms with Gasteiger partial charge in [-0.1, -0.05) is 31.6 Å². The highest BCUT2D eigenvalue weighted by Crippen LogP contribution is 2.24. The van der Waals surface area contributed by atoms with E-state index in [-0.39, 0.29) is 6.61 Å². The molecule has 19 heavy (non-hydrogen) atoms. The Balaban J connectivity index is 1.80. The van der Waals surface area contributed by atoms with Crippen molar-refractivity contribution in [2.45, 2.75) is 39.2 Å². The summed E-state index contributed by atoms with van der Waals surface area (Å²) in [6.07, 6.45) is 5.43. The first-order valence-electron chi connectivity index (χ1n) is 7.22. The van der Waals surface area contributed by atoms with Crippen LogP contribution >= 0.6 is 11.3 Å². The van der Waals surface area contributed by atoms with E-state index in [1.807, 2.05) is 0 Å². The van der Waals surface area contributed by atoms with Crippen molar-refractivity contribution >= 4 is 11.3 Å². The Morgan fingerprint density at radius 2 is 2.16 bits per heavy atom. The lowest BCUT2D eigenvalue weighted by atomic mass is 9.92. The Morgan fingerprint density at radius 1 is 1.37 bits per heavy atom. The van der Waals surface area contributed by atoms with Crippen LogP contribution in [0.1, 0.15) is 42.4 Å². The van der Waals surface area contributed by atoms with Crippen LogP contribution in [0.25, 0.3) is 0 Å². The molecule has 0 bridgehead atoms. The molecule has 1 saturated heterocycles. The van der Waals surface area contributed by atoms with Gasteiger partial charge in [-0.2, -0.15) is 0 Å². The van der Waals surface area contributed by atoms with Gasteiger partial charge in [-0.3, -0.25) is 4.90 Å². The summed E-state index contributed by atoms with van der Waals surface area (Å²) in [6, 6.07) is 4.23. The summed E-state index contributed by atoms with van der Waals surface area (Å²) in [5, 5.41) is 8.69. The van der Waals surface area contributed by atoms with E-state index >= 15 is 0 Å². The molecule has 2 rings (SSSR count). The fraction of sp³-hybridized carbons (Fsp3) is 0.625. The molecule has 0 amide bonds. The first kappa shape index (κ1) is 14.6. The predicted octanol–water partition coefficient (Wildman–Crippen LogP) is 3.10. The molecule has 1 fully saturated rings. The van der Waals surface area contributed by atoms with Crippen molar-refractivity contribution in [3.05, 3.63) is 21.9 Å². The summed E-state index contributed by atoms with van der Waals surface area (Å²) in [5.74, 6) is 6.63. The van der Waals surface area contributed by atoms with Crippen LogP contribution in [0.4, 0.5) is 0 Å². The lowest BCUT2D eigenvalue weighted by molar-refractivity contribution is 0.173. The molecule has 104 valence electrons. The second-order valence-corrected chi connectivity index (χ2v) is 6.40. The van der Waals surface area contributed by atoms with Crippen molar-refractivity contribution in [2.24, 2.45) is 5.92 Å². The van der Waals surface area contributed by atoms with E-state index in [0.29, 0.717) is 0 Å². The van der Waals surface area contributed by atoms with E-state index in [1.54, 1.807) is 11.3 Å². The molecule has 1 aliphatic heterocycles. The molecule has 0 radical (unpaired) electrons. The largest absolute Gasteiger partial charge is 0.384 e. The SMILES string of the molecule is CCCC1CCN(Cc2ccc(C#CCO)s2)CC1. The Bertz CT molecular complexity index is 435. The maximum Gasteiger partial charge on any atom is 0.104 e. The van der Waals surface area contributed by atoms with Crippen molar-refractivity contribution in [3.63, 3.8) is 0 Å². The molecule has 1 aliphatic rings. The number of thiophene rings is 1. The third-order valence-electron chi connectivity index (χ3n) is 3.74. The van der Waals surface area contributed by atoms with Gasteiger partial charge in [-0.15, -0.1) is 11.3 Å². The minimum Gasteiger partial charge on any atom is -0.384 e. The Hall–Kier alpha value is -0.820. The zero-order chi connectivity index (χ0) is 13.5. The van der Waals surface area contributed by atoms with Gasteiger partial charge in [-0.05, 0) is 44.0 Å². The van der Waals surface area contributed by atoms with Crippen molar-refractivity contribution in [2.75, 3.05) is 19.7 Å². The molecule has 0 aliphatic carbocycles. The zero-order valence-corrected chi connectivity index (χ0v) is 12.5. The molecule has 0 saturated carbocycles. The molecule has 0 unspecified atom stereocenters. The van der Waals surface area contributed by atoms with Crippen molar-refractivity contribution in [1.82, 2.24) is 4.90 Å². The average molecular weight is 277 g/mol. The summed E-state index contributed by atoms with van der Waals surface area (Å²) in [6.45, 7) is 5.76. The molecule has 1 aromatic heterocycles. The Kier molecular flexibility index (Phi) is 5.91. The molecular weight excluding hydrogens is 254 g/mol. The van der Waals surface area contributed by atoms with Crippen LogP contribution in [-0.4, -0.2) is 29.7 Å². The molecular formula is C16H23NOS. The van der Waals surface area contributed by atoms with Gasteiger partial charge in [0.2, 0.25) is 0 Å². The summed E-state index contributed by atoms with van der Waals surface area (Å²) in [7, 11) is 0. The van der Waals surface area contributed by atoms with Crippen molar-refractivity contribution in [1.29, 1.82) is 0 Å². The van der Waals surface area contributed by atoms with Gasteiger partial charge < -0.3 is 5.11 Å². The first-order chi connectivity index (χ1) is 9.31. The number of likely N-dealkylation sites (tertiary alicyclic amines) is 1. The molecule has 0 aromatic carbocycles. The number of rotatable bonds is 4. The molecule has 0 atom stereocenters. The zero-order valence-electron chi connectivity index (χ0n) is 11.7. The standard InChI is InChI=1S/C16H23NOS/c1-2-4-14-8-10-17(11-9-14)13-16-7-6-15(19-16)5-3-12-18/h6-7,14,18H,2,4,8-13H2,1H3. The predicted molar refractivity (Wildman–Crippen MR) is 81.2 cm³/mol. The molecule has 1 N–H and O–H groups in total. The van der Waals surface area contributed by atoms with Gasteiger partial charge in [0.25, 0.3) is 0 Å². The second-order valence-electron chi connectivity index (χ2n) is 5.23. The maximum absolute atomic E-state index is 8.69. The first-order valence-corrected chi connectivity index (χ1v) is 8.04. The molecule has 0 spiro atoms. The molecule has 2 nitrogen and oxygen atoms in total. The van der Waals surface area contributed by atoms with E-state index in [0.717, 1.165) is 17.3 Å². The lowest BCUT2D eigenvalue weighted by Crippen LogP contribution is -2.32. The average Bonchev–Trinajstić information content (AvgIpc) is 2.87. The van der Waals surface area contributed by atoms with E-state index in [9.17, 15) is 0 Å². The fourth-order valence-corrected chi connectivity index (χ4v) is 3.64. The summed E-state index contributed by atoms with van der Waals surface area (Å²) >= 11 is 1.75. The van der Waals surface area contributed by atoms with Gasteiger partial charge in [0, 0.05) is 11.4 Å². The van der Waals surface area contributed by atoms with E-state index in [1.165, 1.54) is 43.6 Å². The van der Waals surface area contributed by atoms with Crippen LogP contribution in [0.5, 0.6) is 0 Å². The number of hydrogen-bond donors (Lipinski definition) is 1. The van der Waals surface area contributed by atoms with E-state index in [4.69, 9.17) is 5.11 Å². The minimum atomic E-state index is -0.0574. The number of hydrogen-bond acceptors (Lipinski definition) is 3. The van der Waals surface area contributed by atoms with Crippen LogP contribution in [0.3, 0.4) is 0 Å². The second kappa shape index (κ2) is 7.69. The number of nitrogens with zero attached hydrogens (tertiary/aromatic N) is 1. The van der Waals surface area contributed by atoms with Gasteiger partial charge in [0.15, 0.2) is 0 Å². The monoisotopic (exact) mass is 277 g/mol. The highest BCUT2D eigenvalue weighted by Gasteiger charge is 2.18. The fourth-order valence-electron chi connectivity index (χ4n) is 2.72. The minimum absolute atomic E-state index is 0.0574. The molecule has 2 heterocycles. The topological polar surface area (TPSA) is 23.5 Å². The normalized spacial score (nSPS) is 17.2. The molecule has 3 heteroatoms. The summed E-state index contributed by atoms with van der Waals surface area (Å²) < 4.78 is 0. The number of piperidine rings is 1. The van der Waals surface area contributed by atoms with Gasteiger partial charge in [0.05, 0.1) is 4.88 Å². The van der Waals surface area contributed by atoms with Crippen LogP contribution in [0, 0.1) is 17.8 Å². The highest BCUT2D eigenvalue weighted by atomic mass is 32.1. The number of aliphatic hydroxyl groups is 1. The van der Waals surface area contributed by atoms with Crippen LogP contribution < -0.4 is 0 Å². The van der Waals surface area contributed by atoms with Gasteiger partial charge in [-0.25, -0.2) is 0 Å². The van der Waals surface area contributed by atoms with Gasteiger partial charge in [0.1, 0.15) is 6.61 Å². The highest BCUT2D eigenvalue weighted by molar-refractivity contribution is 7.12. The van der Waals surface area contributed by atoms with Crippen LogP contribution in [0.2, 0.25) is 0 Å². The smallest absolute Gasteiger partial charge is 0.104 e. The lowest BCUT2D eigenvalue weighted by Gasteiger charge is -2.31. The number of aliphatic hydroxyl groups excluding tert-OH is 1. The quantitative estimate of drug-likeness (QED) is 0.855. The Morgan fingerprint density at radius 3 is 2.84 bits per heavy atom. The van der Waals surface area contributed by atoms with Crippen molar-refractivity contribution < 1.29 is 5.11 Å². The van der Waals surface area contributed by atoms with Crippen molar-refractivity contribution in [3.8, 4) is 11.8 Å². The summed E-state index contributed by atoms with van der Waals surface area (Å²) in [5.41, 5.74) is 0. The molecule has 1 aromatic rings. The maximum atomic E-state index is 8.69. The third-order valence-corrected chi connectivity index (χ3v) is 4.72. The van der Waals surface area contributed by atoms with Crippen LogP contribution in [-0.2, 0) is 6.54 Å². The third kappa shape index (κ3) is 4.65.